The van der Waals surface area contributed by atoms with Crippen LogP contribution in [-0.2, 0) is 9.53 Å². The molecule has 3 fully saturated rings. The Morgan fingerprint density at radius 1 is 1.25 bits per heavy atom. The van der Waals surface area contributed by atoms with Crippen molar-refractivity contribution in [3.63, 3.8) is 0 Å². The minimum Gasteiger partial charge on any atom is -0.376 e. The number of carbonyl (C=O) groups excluding carboxylic acids is 2. The highest BCUT2D eigenvalue weighted by Gasteiger charge is 2.42. The van der Waals surface area contributed by atoms with Crippen LogP contribution in [0, 0.1) is 12.3 Å². The molecule has 1 aromatic carbocycles. The van der Waals surface area contributed by atoms with Gasteiger partial charge in [0.2, 0.25) is 5.91 Å². The molecule has 6 nitrogen and oxygen atoms in total. The Hall–Kier alpha value is -2.08. The van der Waals surface area contributed by atoms with E-state index in [1.54, 1.807) is 0 Å². The molecule has 3 aliphatic heterocycles. The first-order valence-corrected chi connectivity index (χ1v) is 10.6. The fraction of sp³-hybridized carbons (Fsp3) is 0.636. The highest BCUT2D eigenvalue weighted by Crippen LogP contribution is 2.40. The van der Waals surface area contributed by atoms with Crippen molar-refractivity contribution in [3.8, 4) is 0 Å². The predicted octanol–water partition coefficient (Wildman–Crippen LogP) is 3.41. The van der Waals surface area contributed by atoms with Gasteiger partial charge in [-0.05, 0) is 56.1 Å². The number of nitrogens with zero attached hydrogens (tertiary/aromatic N) is 2. The Balaban J connectivity index is 1.33. The number of para-hydroxylation sites is 1. The second kappa shape index (κ2) is 8.11. The number of hydrogen-bond donors (Lipinski definition) is 1. The van der Waals surface area contributed by atoms with Gasteiger partial charge in [-0.2, -0.15) is 0 Å². The van der Waals surface area contributed by atoms with Gasteiger partial charge in [-0.15, -0.1) is 0 Å². The average Bonchev–Trinajstić information content (AvgIpc) is 3.20. The van der Waals surface area contributed by atoms with Crippen molar-refractivity contribution >= 4 is 17.6 Å². The molecule has 0 unspecified atom stereocenters. The smallest absolute Gasteiger partial charge is 0.321 e. The number of amides is 3. The Morgan fingerprint density at radius 2 is 2.04 bits per heavy atom. The van der Waals surface area contributed by atoms with E-state index in [4.69, 9.17) is 4.74 Å². The van der Waals surface area contributed by atoms with Crippen molar-refractivity contribution in [2.24, 2.45) is 5.41 Å². The predicted molar refractivity (Wildman–Crippen MR) is 108 cm³/mol. The zero-order chi connectivity index (χ0) is 19.6. The Kier molecular flexibility index (Phi) is 5.58. The minimum absolute atomic E-state index is 0.0211. The first-order valence-electron chi connectivity index (χ1n) is 10.6. The van der Waals surface area contributed by atoms with Crippen molar-refractivity contribution in [1.29, 1.82) is 0 Å². The van der Waals surface area contributed by atoms with Gasteiger partial charge >= 0.3 is 6.03 Å². The van der Waals surface area contributed by atoms with Gasteiger partial charge < -0.3 is 19.9 Å². The van der Waals surface area contributed by atoms with Crippen molar-refractivity contribution in [2.75, 3.05) is 38.1 Å². The molecule has 0 aromatic heterocycles. The molecule has 1 aromatic rings. The van der Waals surface area contributed by atoms with E-state index in [-0.39, 0.29) is 23.5 Å². The summed E-state index contributed by atoms with van der Waals surface area (Å²) >= 11 is 0. The van der Waals surface area contributed by atoms with Crippen LogP contribution in [0.1, 0.15) is 44.1 Å². The standard InChI is InChI=1S/C22H31N3O3/c1-17-5-2-3-7-19(17)23-21(27)24-12-10-22(11-13-24)9-8-20(26)25(16-22)15-18-6-4-14-28-18/h2-3,5,7,18H,4,6,8-16H2,1H3,(H,23,27)/t18-/m1/s1. The van der Waals surface area contributed by atoms with E-state index >= 15 is 0 Å². The molecular weight excluding hydrogens is 354 g/mol. The lowest BCUT2D eigenvalue weighted by Crippen LogP contribution is -2.54. The third-order valence-electron chi connectivity index (χ3n) is 6.69. The van der Waals surface area contributed by atoms with Crippen LogP contribution < -0.4 is 5.32 Å². The molecule has 0 bridgehead atoms. The van der Waals surface area contributed by atoms with Crippen LogP contribution in [0.4, 0.5) is 10.5 Å². The normalized spacial score (nSPS) is 24.6. The maximum atomic E-state index is 12.7. The monoisotopic (exact) mass is 385 g/mol. The third-order valence-corrected chi connectivity index (χ3v) is 6.69. The molecule has 3 aliphatic rings. The number of nitrogens with one attached hydrogen (secondary N) is 1. The lowest BCUT2D eigenvalue weighted by atomic mass is 9.72. The lowest BCUT2D eigenvalue weighted by Gasteiger charge is -2.47. The zero-order valence-electron chi connectivity index (χ0n) is 16.8. The molecule has 3 saturated heterocycles. The van der Waals surface area contributed by atoms with Crippen LogP contribution in [0.3, 0.4) is 0 Å². The van der Waals surface area contributed by atoms with Crippen molar-refractivity contribution < 1.29 is 14.3 Å². The number of likely N-dealkylation sites (tertiary alicyclic amines) is 2. The molecule has 6 heteroatoms. The first-order chi connectivity index (χ1) is 13.5. The topological polar surface area (TPSA) is 61.9 Å². The van der Waals surface area contributed by atoms with Gasteiger partial charge in [0.15, 0.2) is 0 Å². The second-order valence-corrected chi connectivity index (χ2v) is 8.64. The Labute approximate surface area is 167 Å². The second-order valence-electron chi connectivity index (χ2n) is 8.64. The molecule has 0 radical (unpaired) electrons. The Morgan fingerprint density at radius 3 is 2.75 bits per heavy atom. The highest BCUT2D eigenvalue weighted by atomic mass is 16.5. The molecule has 1 N–H and O–H groups in total. The summed E-state index contributed by atoms with van der Waals surface area (Å²) in [5, 5.41) is 3.04. The van der Waals surface area contributed by atoms with Crippen molar-refractivity contribution in [2.45, 2.75) is 51.6 Å². The summed E-state index contributed by atoms with van der Waals surface area (Å²) in [6.45, 7) is 5.88. The van der Waals surface area contributed by atoms with E-state index < -0.39 is 0 Å². The van der Waals surface area contributed by atoms with E-state index in [1.807, 2.05) is 41.0 Å². The Bertz CT molecular complexity index is 721. The van der Waals surface area contributed by atoms with Crippen LogP contribution in [0.25, 0.3) is 0 Å². The summed E-state index contributed by atoms with van der Waals surface area (Å²) in [6, 6.07) is 7.83. The van der Waals surface area contributed by atoms with E-state index in [0.717, 1.165) is 76.1 Å². The van der Waals surface area contributed by atoms with Crippen molar-refractivity contribution in [1.82, 2.24) is 9.80 Å². The molecule has 1 spiro atoms. The van der Waals surface area contributed by atoms with Gasteiger partial charge in [0, 0.05) is 44.9 Å². The summed E-state index contributed by atoms with van der Waals surface area (Å²) in [5.74, 6) is 0.265. The molecule has 0 aliphatic carbocycles. The summed E-state index contributed by atoms with van der Waals surface area (Å²) < 4.78 is 5.74. The largest absolute Gasteiger partial charge is 0.376 e. The summed E-state index contributed by atoms with van der Waals surface area (Å²) in [7, 11) is 0. The number of piperidine rings is 2. The van der Waals surface area contributed by atoms with Gasteiger partial charge in [0.05, 0.1) is 6.10 Å². The van der Waals surface area contributed by atoms with E-state index in [2.05, 4.69) is 5.32 Å². The maximum Gasteiger partial charge on any atom is 0.321 e. The van der Waals surface area contributed by atoms with Gasteiger partial charge in [0.25, 0.3) is 0 Å². The molecule has 1 atom stereocenters. The molecule has 3 heterocycles. The van der Waals surface area contributed by atoms with Gasteiger partial charge in [-0.25, -0.2) is 4.79 Å². The number of anilines is 1. The molecule has 3 amide bonds. The lowest BCUT2D eigenvalue weighted by molar-refractivity contribution is -0.140. The fourth-order valence-corrected chi connectivity index (χ4v) is 4.80. The van der Waals surface area contributed by atoms with Crippen LogP contribution in [0.5, 0.6) is 0 Å². The SMILES string of the molecule is Cc1ccccc1NC(=O)N1CCC2(CCC(=O)N(C[C@H]3CCCO3)C2)CC1. The number of hydrogen-bond acceptors (Lipinski definition) is 3. The van der Waals surface area contributed by atoms with Crippen LogP contribution in [-0.4, -0.2) is 60.6 Å². The number of carbonyl (C=O) groups is 2. The van der Waals surface area contributed by atoms with Gasteiger partial charge in [-0.3, -0.25) is 4.79 Å². The fourth-order valence-electron chi connectivity index (χ4n) is 4.80. The van der Waals surface area contributed by atoms with Gasteiger partial charge in [-0.1, -0.05) is 18.2 Å². The highest BCUT2D eigenvalue weighted by molar-refractivity contribution is 5.90. The van der Waals surface area contributed by atoms with E-state index in [1.165, 1.54) is 0 Å². The van der Waals surface area contributed by atoms with E-state index in [9.17, 15) is 9.59 Å². The van der Waals surface area contributed by atoms with Crippen molar-refractivity contribution in [3.05, 3.63) is 29.8 Å². The number of ether oxygens (including phenoxy) is 1. The maximum absolute atomic E-state index is 12.7. The summed E-state index contributed by atoms with van der Waals surface area (Å²) in [5.41, 5.74) is 2.10. The number of benzene rings is 1. The summed E-state index contributed by atoms with van der Waals surface area (Å²) in [6.07, 6.45) is 5.86. The quantitative estimate of drug-likeness (QED) is 0.867. The molecule has 0 saturated carbocycles. The van der Waals surface area contributed by atoms with Crippen LogP contribution in [0.15, 0.2) is 24.3 Å². The summed E-state index contributed by atoms with van der Waals surface area (Å²) in [4.78, 5) is 29.0. The molecule has 152 valence electrons. The zero-order valence-corrected chi connectivity index (χ0v) is 16.8. The molecule has 28 heavy (non-hydrogen) atoms. The molecule has 4 rings (SSSR count). The van der Waals surface area contributed by atoms with Crippen LogP contribution in [0.2, 0.25) is 0 Å². The minimum atomic E-state index is -0.0211. The van der Waals surface area contributed by atoms with Crippen LogP contribution >= 0.6 is 0 Å². The molecular formula is C22H31N3O3. The third kappa shape index (κ3) is 4.17. The first kappa shape index (κ1) is 19.2. The number of aryl methyl sites for hydroxylation is 1. The van der Waals surface area contributed by atoms with E-state index in [0.29, 0.717) is 6.42 Å². The number of urea groups is 1. The van der Waals surface area contributed by atoms with Gasteiger partial charge in [0.1, 0.15) is 0 Å². The average molecular weight is 386 g/mol. The number of rotatable bonds is 3.